The molecule has 2 N–H and O–H groups in total. The summed E-state index contributed by atoms with van der Waals surface area (Å²) >= 11 is 3.42. The van der Waals surface area contributed by atoms with E-state index in [1.165, 1.54) is 5.56 Å². The van der Waals surface area contributed by atoms with Gasteiger partial charge in [-0.25, -0.2) is 0 Å². The Kier molecular flexibility index (Phi) is 5.70. The zero-order valence-corrected chi connectivity index (χ0v) is 19.2. The van der Waals surface area contributed by atoms with Crippen LogP contribution < -0.4 is 10.6 Å². The van der Waals surface area contributed by atoms with Crippen LogP contribution in [0, 0.1) is 5.92 Å². The molecule has 2 aliphatic rings. The van der Waals surface area contributed by atoms with Gasteiger partial charge in [0.1, 0.15) is 0 Å². The van der Waals surface area contributed by atoms with Gasteiger partial charge in [-0.2, -0.15) is 0 Å². The molecule has 2 amide bonds. The highest BCUT2D eigenvalue weighted by Crippen LogP contribution is 2.34. The van der Waals surface area contributed by atoms with Crippen LogP contribution in [-0.2, 0) is 6.42 Å². The largest absolute Gasteiger partial charge is 0.353 e. The lowest BCUT2D eigenvalue weighted by molar-refractivity contribution is 0.0690. The summed E-state index contributed by atoms with van der Waals surface area (Å²) in [5.74, 6) is 0.429. The van der Waals surface area contributed by atoms with Crippen LogP contribution in [0.5, 0.6) is 0 Å². The topological polar surface area (TPSA) is 61.4 Å². The van der Waals surface area contributed by atoms with E-state index in [1.54, 1.807) is 12.1 Å². The number of carbonyl (C=O) groups is 2. The van der Waals surface area contributed by atoms with E-state index in [9.17, 15) is 9.59 Å². The molecular formula is C26H24BrN3O2. The zero-order valence-electron chi connectivity index (χ0n) is 17.6. The molecule has 0 bridgehead atoms. The molecule has 162 valence electrons. The van der Waals surface area contributed by atoms with Crippen molar-refractivity contribution in [2.45, 2.75) is 19.3 Å². The highest BCUT2D eigenvalue weighted by atomic mass is 79.9. The molecule has 5 nitrogen and oxygen atoms in total. The zero-order chi connectivity index (χ0) is 22.1. The lowest BCUT2D eigenvalue weighted by Crippen LogP contribution is -2.38. The Morgan fingerprint density at radius 2 is 1.66 bits per heavy atom. The number of hydrogen-bond donors (Lipinski definition) is 2. The average molecular weight is 490 g/mol. The number of hydrogen-bond acceptors (Lipinski definition) is 3. The van der Waals surface area contributed by atoms with Crippen molar-refractivity contribution >= 4 is 44.8 Å². The summed E-state index contributed by atoms with van der Waals surface area (Å²) < 4.78 is 0.839. The van der Waals surface area contributed by atoms with E-state index in [4.69, 9.17) is 0 Å². The number of rotatable bonds is 3. The number of likely N-dealkylation sites (tertiary alicyclic amines) is 1. The van der Waals surface area contributed by atoms with E-state index >= 15 is 0 Å². The van der Waals surface area contributed by atoms with Crippen molar-refractivity contribution in [3.05, 3.63) is 87.9 Å². The van der Waals surface area contributed by atoms with Crippen molar-refractivity contribution in [2.24, 2.45) is 5.92 Å². The van der Waals surface area contributed by atoms with Crippen molar-refractivity contribution < 1.29 is 9.59 Å². The van der Waals surface area contributed by atoms with Gasteiger partial charge in [-0.3, -0.25) is 9.59 Å². The minimum Gasteiger partial charge on any atom is -0.353 e. The number of halogens is 1. The van der Waals surface area contributed by atoms with Crippen LogP contribution in [-0.4, -0.2) is 29.8 Å². The van der Waals surface area contributed by atoms with Gasteiger partial charge >= 0.3 is 0 Å². The average Bonchev–Trinajstić information content (AvgIpc) is 2.95. The summed E-state index contributed by atoms with van der Waals surface area (Å²) in [6.45, 7) is 1.52. The fourth-order valence-corrected chi connectivity index (χ4v) is 4.87. The highest BCUT2D eigenvalue weighted by molar-refractivity contribution is 9.10. The lowest BCUT2D eigenvalue weighted by atomic mass is 9.90. The molecule has 3 aromatic carbocycles. The molecule has 0 spiro atoms. The molecule has 1 fully saturated rings. The van der Waals surface area contributed by atoms with Crippen molar-refractivity contribution in [3.63, 3.8) is 0 Å². The molecule has 5 rings (SSSR count). The summed E-state index contributed by atoms with van der Waals surface area (Å²) in [6.07, 6.45) is 3.08. The molecule has 6 heteroatoms. The SMILES string of the molecule is O=C1Nc2cc(C(=O)N3CCC(Cc4ccccc4)CC3)ccc2Nc2ccc(Br)cc21. The van der Waals surface area contributed by atoms with Crippen molar-refractivity contribution in [1.82, 2.24) is 4.90 Å². The molecule has 0 aromatic heterocycles. The number of nitrogens with one attached hydrogen (secondary N) is 2. The number of amides is 2. The summed E-state index contributed by atoms with van der Waals surface area (Å²) in [4.78, 5) is 27.8. The second kappa shape index (κ2) is 8.79. The van der Waals surface area contributed by atoms with Gasteiger partial charge in [0.25, 0.3) is 11.8 Å². The summed E-state index contributed by atoms with van der Waals surface area (Å²) in [6, 6.07) is 21.6. The maximum absolute atomic E-state index is 13.2. The van der Waals surface area contributed by atoms with E-state index in [1.807, 2.05) is 35.2 Å². The monoisotopic (exact) mass is 489 g/mol. The third-order valence-corrected chi connectivity index (χ3v) is 6.77. The Morgan fingerprint density at radius 1 is 0.906 bits per heavy atom. The van der Waals surface area contributed by atoms with Gasteiger partial charge in [0.2, 0.25) is 0 Å². The Bertz CT molecular complexity index is 1170. The highest BCUT2D eigenvalue weighted by Gasteiger charge is 2.25. The first kappa shape index (κ1) is 20.8. The maximum Gasteiger partial charge on any atom is 0.257 e. The van der Waals surface area contributed by atoms with Gasteiger partial charge in [-0.15, -0.1) is 0 Å². The van der Waals surface area contributed by atoms with Crippen LogP contribution in [0.4, 0.5) is 17.1 Å². The van der Waals surface area contributed by atoms with Gasteiger partial charge < -0.3 is 15.5 Å². The van der Waals surface area contributed by atoms with Crippen molar-refractivity contribution in [1.29, 1.82) is 0 Å². The van der Waals surface area contributed by atoms with Crippen LogP contribution in [0.3, 0.4) is 0 Å². The number of benzene rings is 3. The summed E-state index contributed by atoms with van der Waals surface area (Å²) in [5.41, 5.74) is 4.65. The number of piperidine rings is 1. The van der Waals surface area contributed by atoms with E-state index in [0.717, 1.165) is 48.2 Å². The second-order valence-electron chi connectivity index (χ2n) is 8.45. The molecule has 2 heterocycles. The number of fused-ring (bicyclic) bond motifs is 2. The van der Waals surface area contributed by atoms with Crippen LogP contribution in [0.1, 0.15) is 39.1 Å². The van der Waals surface area contributed by atoms with Crippen LogP contribution >= 0.6 is 15.9 Å². The predicted molar refractivity (Wildman–Crippen MR) is 131 cm³/mol. The van der Waals surface area contributed by atoms with Crippen LogP contribution in [0.15, 0.2) is 71.2 Å². The molecule has 1 saturated heterocycles. The van der Waals surface area contributed by atoms with Gasteiger partial charge in [0.15, 0.2) is 0 Å². The molecule has 0 unspecified atom stereocenters. The number of nitrogens with zero attached hydrogens (tertiary/aromatic N) is 1. The molecular weight excluding hydrogens is 466 g/mol. The third-order valence-electron chi connectivity index (χ3n) is 6.28. The van der Waals surface area contributed by atoms with Crippen molar-refractivity contribution in [2.75, 3.05) is 23.7 Å². The molecule has 0 atom stereocenters. The van der Waals surface area contributed by atoms with Crippen molar-refractivity contribution in [3.8, 4) is 0 Å². The normalized spacial score (nSPS) is 15.8. The molecule has 0 saturated carbocycles. The third kappa shape index (κ3) is 4.28. The molecule has 0 radical (unpaired) electrons. The smallest absolute Gasteiger partial charge is 0.257 e. The Hall–Kier alpha value is -3.12. The molecule has 0 aliphatic carbocycles. The number of anilines is 3. The van der Waals surface area contributed by atoms with E-state index < -0.39 is 0 Å². The number of carbonyl (C=O) groups excluding carboxylic acids is 2. The molecule has 32 heavy (non-hydrogen) atoms. The molecule has 3 aromatic rings. The second-order valence-corrected chi connectivity index (χ2v) is 9.37. The quantitative estimate of drug-likeness (QED) is 0.484. The van der Waals surface area contributed by atoms with E-state index in [2.05, 4.69) is 50.8 Å². The minimum atomic E-state index is -0.195. The fourth-order valence-electron chi connectivity index (χ4n) is 4.51. The van der Waals surface area contributed by atoms with E-state index in [-0.39, 0.29) is 11.8 Å². The lowest BCUT2D eigenvalue weighted by Gasteiger charge is -2.32. The summed E-state index contributed by atoms with van der Waals surface area (Å²) in [5, 5.41) is 6.25. The van der Waals surface area contributed by atoms with Crippen LogP contribution in [0.2, 0.25) is 0 Å². The summed E-state index contributed by atoms with van der Waals surface area (Å²) in [7, 11) is 0. The predicted octanol–water partition coefficient (Wildman–Crippen LogP) is 5.85. The maximum atomic E-state index is 13.2. The van der Waals surface area contributed by atoms with Gasteiger partial charge in [-0.1, -0.05) is 46.3 Å². The van der Waals surface area contributed by atoms with Gasteiger partial charge in [0, 0.05) is 23.1 Å². The molecule has 2 aliphatic heterocycles. The van der Waals surface area contributed by atoms with Gasteiger partial charge in [0.05, 0.1) is 22.6 Å². The Balaban J connectivity index is 1.28. The first-order valence-corrected chi connectivity index (χ1v) is 11.7. The first-order chi connectivity index (χ1) is 15.6. The van der Waals surface area contributed by atoms with Crippen LogP contribution in [0.25, 0.3) is 0 Å². The van der Waals surface area contributed by atoms with E-state index in [0.29, 0.717) is 22.7 Å². The van der Waals surface area contributed by atoms with Gasteiger partial charge in [-0.05, 0) is 67.1 Å². The minimum absolute atomic E-state index is 0.0183. The Morgan fingerprint density at radius 3 is 2.44 bits per heavy atom. The fraction of sp³-hybridized carbons (Fsp3) is 0.231. The Labute approximate surface area is 196 Å². The standard InChI is InChI=1S/C26H24BrN3O2/c27-20-7-9-22-21(16-20)25(31)29-24-15-19(6-8-23(24)28-22)26(32)30-12-10-18(11-13-30)14-17-4-2-1-3-5-17/h1-9,15-16,18,28H,10-14H2,(H,29,31). The first-order valence-electron chi connectivity index (χ1n) is 10.9.